The predicted octanol–water partition coefficient (Wildman–Crippen LogP) is 2.76. The summed E-state index contributed by atoms with van der Waals surface area (Å²) in [6.07, 6.45) is 2.54. The number of carbonyl (C=O) groups excluding carboxylic acids is 1. The molecule has 1 aliphatic rings. The first-order valence-electron chi connectivity index (χ1n) is 7.89. The third kappa shape index (κ3) is 3.76. The average Bonchev–Trinajstić information content (AvgIpc) is 2.95. The number of rotatable bonds is 5. The van der Waals surface area contributed by atoms with E-state index < -0.39 is 0 Å². The SMILES string of the molecule is Cc1cc(N2CCCC2)ccc1NC(=O)C(CN)C(C)C. The highest BCUT2D eigenvalue weighted by molar-refractivity contribution is 5.93. The second kappa shape index (κ2) is 6.94. The Bertz CT molecular complexity index is 493. The molecule has 4 nitrogen and oxygen atoms in total. The van der Waals surface area contributed by atoms with Gasteiger partial charge in [0.2, 0.25) is 5.91 Å². The smallest absolute Gasteiger partial charge is 0.229 e. The van der Waals surface area contributed by atoms with E-state index in [1.165, 1.54) is 18.5 Å². The van der Waals surface area contributed by atoms with Gasteiger partial charge in [-0.1, -0.05) is 13.8 Å². The van der Waals surface area contributed by atoms with Crippen molar-refractivity contribution in [3.8, 4) is 0 Å². The molecule has 1 fully saturated rings. The molecule has 1 saturated heterocycles. The Morgan fingerprint density at radius 2 is 2.00 bits per heavy atom. The van der Waals surface area contributed by atoms with E-state index in [-0.39, 0.29) is 17.7 Å². The molecule has 1 unspecified atom stereocenters. The molecule has 1 aromatic rings. The fraction of sp³-hybridized carbons (Fsp3) is 0.588. The molecular weight excluding hydrogens is 262 g/mol. The Morgan fingerprint density at radius 3 is 2.52 bits per heavy atom. The molecule has 0 radical (unpaired) electrons. The van der Waals surface area contributed by atoms with Gasteiger partial charge in [0.05, 0.1) is 5.92 Å². The van der Waals surface area contributed by atoms with Crippen LogP contribution in [0.2, 0.25) is 0 Å². The molecule has 2 rings (SSSR count). The molecule has 0 spiro atoms. The van der Waals surface area contributed by atoms with Crippen LogP contribution in [0, 0.1) is 18.8 Å². The zero-order chi connectivity index (χ0) is 15.4. The molecule has 1 amide bonds. The van der Waals surface area contributed by atoms with Crippen molar-refractivity contribution >= 4 is 17.3 Å². The van der Waals surface area contributed by atoms with Crippen LogP contribution in [0.25, 0.3) is 0 Å². The third-order valence-electron chi connectivity index (χ3n) is 4.33. The predicted molar refractivity (Wildman–Crippen MR) is 88.6 cm³/mol. The van der Waals surface area contributed by atoms with Gasteiger partial charge in [-0.25, -0.2) is 0 Å². The molecular formula is C17H27N3O. The molecule has 21 heavy (non-hydrogen) atoms. The summed E-state index contributed by atoms with van der Waals surface area (Å²) >= 11 is 0. The monoisotopic (exact) mass is 289 g/mol. The molecule has 1 atom stereocenters. The van der Waals surface area contributed by atoms with Crippen LogP contribution < -0.4 is 16.0 Å². The van der Waals surface area contributed by atoms with Crippen LogP contribution in [-0.4, -0.2) is 25.5 Å². The Balaban J connectivity index is 2.08. The van der Waals surface area contributed by atoms with Crippen LogP contribution in [0.5, 0.6) is 0 Å². The van der Waals surface area contributed by atoms with Gasteiger partial charge in [0.15, 0.2) is 0 Å². The normalized spacial score (nSPS) is 16.3. The van der Waals surface area contributed by atoms with Crippen molar-refractivity contribution < 1.29 is 4.79 Å². The average molecular weight is 289 g/mol. The van der Waals surface area contributed by atoms with E-state index in [2.05, 4.69) is 22.3 Å². The fourth-order valence-corrected chi connectivity index (χ4v) is 2.87. The van der Waals surface area contributed by atoms with E-state index in [9.17, 15) is 4.79 Å². The number of nitrogens with one attached hydrogen (secondary N) is 1. The highest BCUT2D eigenvalue weighted by Gasteiger charge is 2.21. The maximum Gasteiger partial charge on any atom is 0.229 e. The van der Waals surface area contributed by atoms with Gasteiger partial charge in [-0.15, -0.1) is 0 Å². The van der Waals surface area contributed by atoms with Gasteiger partial charge in [-0.3, -0.25) is 4.79 Å². The summed E-state index contributed by atoms with van der Waals surface area (Å²) in [5, 5.41) is 3.02. The van der Waals surface area contributed by atoms with Crippen LogP contribution in [0.3, 0.4) is 0 Å². The third-order valence-corrected chi connectivity index (χ3v) is 4.33. The van der Waals surface area contributed by atoms with Crippen LogP contribution in [0.4, 0.5) is 11.4 Å². The van der Waals surface area contributed by atoms with Gasteiger partial charge in [-0.05, 0) is 49.4 Å². The Labute approximate surface area is 127 Å². The highest BCUT2D eigenvalue weighted by Crippen LogP contribution is 2.26. The van der Waals surface area contributed by atoms with Crippen molar-refractivity contribution in [1.82, 2.24) is 0 Å². The first kappa shape index (κ1) is 15.8. The van der Waals surface area contributed by atoms with Gasteiger partial charge in [0.25, 0.3) is 0 Å². The number of benzene rings is 1. The number of anilines is 2. The van der Waals surface area contributed by atoms with E-state index in [4.69, 9.17) is 5.73 Å². The zero-order valence-corrected chi connectivity index (χ0v) is 13.4. The number of nitrogens with zero attached hydrogens (tertiary/aromatic N) is 1. The fourth-order valence-electron chi connectivity index (χ4n) is 2.87. The summed E-state index contributed by atoms with van der Waals surface area (Å²) in [6.45, 7) is 8.75. The van der Waals surface area contributed by atoms with E-state index in [0.29, 0.717) is 6.54 Å². The van der Waals surface area contributed by atoms with Crippen molar-refractivity contribution in [2.24, 2.45) is 17.6 Å². The van der Waals surface area contributed by atoms with Gasteiger partial charge >= 0.3 is 0 Å². The van der Waals surface area contributed by atoms with Crippen LogP contribution in [-0.2, 0) is 4.79 Å². The lowest BCUT2D eigenvalue weighted by molar-refractivity contribution is -0.120. The van der Waals surface area contributed by atoms with Crippen molar-refractivity contribution in [2.45, 2.75) is 33.6 Å². The van der Waals surface area contributed by atoms with E-state index in [0.717, 1.165) is 24.3 Å². The number of amides is 1. The Kier molecular flexibility index (Phi) is 5.23. The van der Waals surface area contributed by atoms with E-state index in [1.54, 1.807) is 0 Å². The lowest BCUT2D eigenvalue weighted by atomic mass is 9.95. The lowest BCUT2D eigenvalue weighted by Gasteiger charge is -2.21. The molecule has 4 heteroatoms. The molecule has 0 aromatic heterocycles. The van der Waals surface area contributed by atoms with E-state index >= 15 is 0 Å². The minimum Gasteiger partial charge on any atom is -0.372 e. The molecule has 0 aliphatic carbocycles. The first-order valence-corrected chi connectivity index (χ1v) is 7.89. The molecule has 3 N–H and O–H groups in total. The lowest BCUT2D eigenvalue weighted by Crippen LogP contribution is -2.33. The number of hydrogen-bond acceptors (Lipinski definition) is 3. The number of carbonyl (C=O) groups is 1. The maximum absolute atomic E-state index is 12.3. The van der Waals surface area contributed by atoms with Crippen molar-refractivity contribution in [1.29, 1.82) is 0 Å². The van der Waals surface area contributed by atoms with Crippen molar-refractivity contribution in [3.05, 3.63) is 23.8 Å². The minimum absolute atomic E-state index is 0.0181. The molecule has 1 aromatic carbocycles. The van der Waals surface area contributed by atoms with Gasteiger partial charge in [0, 0.05) is 31.0 Å². The summed E-state index contributed by atoms with van der Waals surface area (Å²) < 4.78 is 0. The first-order chi connectivity index (χ1) is 10.0. The summed E-state index contributed by atoms with van der Waals surface area (Å²) in [6, 6.07) is 6.27. The van der Waals surface area contributed by atoms with Crippen LogP contribution in [0.15, 0.2) is 18.2 Å². The topological polar surface area (TPSA) is 58.4 Å². The van der Waals surface area contributed by atoms with Gasteiger partial charge in [-0.2, -0.15) is 0 Å². The number of aryl methyl sites for hydroxylation is 1. The largest absolute Gasteiger partial charge is 0.372 e. The highest BCUT2D eigenvalue weighted by atomic mass is 16.1. The Hall–Kier alpha value is -1.55. The number of hydrogen-bond donors (Lipinski definition) is 2. The maximum atomic E-state index is 12.3. The molecule has 116 valence electrons. The molecule has 0 saturated carbocycles. The summed E-state index contributed by atoms with van der Waals surface area (Å²) in [7, 11) is 0. The standard InChI is InChI=1S/C17H27N3O/c1-12(2)15(11-18)17(21)19-16-7-6-14(10-13(16)3)20-8-4-5-9-20/h6-7,10,12,15H,4-5,8-9,11,18H2,1-3H3,(H,19,21). The van der Waals surface area contributed by atoms with Crippen LogP contribution >= 0.6 is 0 Å². The number of nitrogens with two attached hydrogens (primary N) is 1. The Morgan fingerprint density at radius 1 is 1.33 bits per heavy atom. The van der Waals surface area contributed by atoms with E-state index in [1.807, 2.05) is 26.8 Å². The second-order valence-electron chi connectivity index (χ2n) is 6.27. The molecule has 1 aliphatic heterocycles. The van der Waals surface area contributed by atoms with Crippen molar-refractivity contribution in [2.75, 3.05) is 29.9 Å². The zero-order valence-electron chi connectivity index (χ0n) is 13.4. The minimum atomic E-state index is -0.136. The van der Waals surface area contributed by atoms with Gasteiger partial charge < -0.3 is 16.0 Å². The quantitative estimate of drug-likeness (QED) is 0.876. The van der Waals surface area contributed by atoms with Crippen LogP contribution in [0.1, 0.15) is 32.3 Å². The summed E-state index contributed by atoms with van der Waals surface area (Å²) in [4.78, 5) is 14.7. The molecule has 0 bridgehead atoms. The summed E-state index contributed by atoms with van der Waals surface area (Å²) in [5.74, 6) is 0.131. The second-order valence-corrected chi connectivity index (χ2v) is 6.27. The summed E-state index contributed by atoms with van der Waals surface area (Å²) in [5.41, 5.74) is 8.95. The molecule has 1 heterocycles. The van der Waals surface area contributed by atoms with Gasteiger partial charge in [0.1, 0.15) is 0 Å². The van der Waals surface area contributed by atoms with Crippen molar-refractivity contribution in [3.63, 3.8) is 0 Å².